The first-order chi connectivity index (χ1) is 12.4. The van der Waals surface area contributed by atoms with E-state index >= 15 is 0 Å². The number of carbonyl (C=O) groups excluding carboxylic acids is 1. The number of carbonyl (C=O) groups is 1. The van der Waals surface area contributed by atoms with Crippen LogP contribution in [0.15, 0.2) is 60.0 Å². The molecule has 0 aliphatic heterocycles. The van der Waals surface area contributed by atoms with Gasteiger partial charge in [0.25, 0.3) is 5.91 Å². The lowest BCUT2D eigenvalue weighted by atomic mass is 10.2. The van der Waals surface area contributed by atoms with Crippen molar-refractivity contribution in [2.75, 3.05) is 18.5 Å². The Bertz CT molecular complexity index is 913. The van der Waals surface area contributed by atoms with Crippen molar-refractivity contribution in [1.29, 1.82) is 0 Å². The van der Waals surface area contributed by atoms with Crippen LogP contribution in [0.5, 0.6) is 5.75 Å². The average molecular weight is 378 g/mol. The standard InChI is InChI=1S/C18H19FN2O4S/c1-3-11-20-26(23,24)13-9-10-15(19)14(12-13)18(22)21-16-7-5-6-8-17(16)25-4-2/h3,5-10,12,20H,1,4,11H2,2H3,(H,21,22). The molecule has 138 valence electrons. The first-order valence-electron chi connectivity index (χ1n) is 7.82. The van der Waals surface area contributed by atoms with Gasteiger partial charge in [-0.3, -0.25) is 4.79 Å². The Morgan fingerprint density at radius 2 is 2.00 bits per heavy atom. The number of ether oxygens (including phenoxy) is 1. The third-order valence-electron chi connectivity index (χ3n) is 3.35. The Morgan fingerprint density at radius 1 is 1.27 bits per heavy atom. The summed E-state index contributed by atoms with van der Waals surface area (Å²) in [6.07, 6.45) is 1.37. The van der Waals surface area contributed by atoms with Crippen molar-refractivity contribution in [2.45, 2.75) is 11.8 Å². The minimum atomic E-state index is -3.88. The van der Waals surface area contributed by atoms with E-state index in [1.807, 2.05) is 0 Å². The summed E-state index contributed by atoms with van der Waals surface area (Å²) in [4.78, 5) is 12.2. The normalized spacial score (nSPS) is 11.0. The van der Waals surface area contributed by atoms with Crippen LogP contribution in [0.2, 0.25) is 0 Å². The number of nitrogens with one attached hydrogen (secondary N) is 2. The molecule has 2 N–H and O–H groups in total. The molecule has 2 aromatic carbocycles. The van der Waals surface area contributed by atoms with Crippen molar-refractivity contribution in [2.24, 2.45) is 0 Å². The van der Waals surface area contributed by atoms with Gasteiger partial charge in [0.2, 0.25) is 10.0 Å². The number of halogens is 1. The van der Waals surface area contributed by atoms with Crippen LogP contribution in [0.4, 0.5) is 10.1 Å². The molecule has 0 saturated carbocycles. The number of sulfonamides is 1. The molecule has 0 fully saturated rings. The maximum atomic E-state index is 14.1. The summed E-state index contributed by atoms with van der Waals surface area (Å²) in [5.74, 6) is -1.19. The van der Waals surface area contributed by atoms with E-state index in [0.717, 1.165) is 18.2 Å². The predicted molar refractivity (Wildman–Crippen MR) is 97.3 cm³/mol. The van der Waals surface area contributed by atoms with Crippen LogP contribution in [0.1, 0.15) is 17.3 Å². The fourth-order valence-electron chi connectivity index (χ4n) is 2.14. The number of para-hydroxylation sites is 2. The summed E-state index contributed by atoms with van der Waals surface area (Å²) in [6.45, 7) is 5.63. The van der Waals surface area contributed by atoms with Crippen molar-refractivity contribution < 1.29 is 22.3 Å². The quantitative estimate of drug-likeness (QED) is 0.692. The molecule has 6 nitrogen and oxygen atoms in total. The van der Waals surface area contributed by atoms with Gasteiger partial charge in [-0.2, -0.15) is 0 Å². The van der Waals surface area contributed by atoms with Crippen molar-refractivity contribution in [3.05, 3.63) is 66.5 Å². The molecular formula is C18H19FN2O4S. The molecule has 1 amide bonds. The minimum Gasteiger partial charge on any atom is -0.492 e. The Kier molecular flexibility index (Phi) is 6.48. The van der Waals surface area contributed by atoms with Gasteiger partial charge in [0.1, 0.15) is 11.6 Å². The van der Waals surface area contributed by atoms with Crippen LogP contribution in [-0.2, 0) is 10.0 Å². The van der Waals surface area contributed by atoms with Crippen molar-refractivity contribution in [3.8, 4) is 5.75 Å². The second kappa shape index (κ2) is 8.59. The van der Waals surface area contributed by atoms with Gasteiger partial charge in [-0.05, 0) is 37.3 Å². The fourth-order valence-corrected chi connectivity index (χ4v) is 3.16. The van der Waals surface area contributed by atoms with E-state index in [9.17, 15) is 17.6 Å². The van der Waals surface area contributed by atoms with E-state index in [2.05, 4.69) is 16.6 Å². The molecule has 0 spiro atoms. The largest absolute Gasteiger partial charge is 0.492 e. The second-order valence-corrected chi connectivity index (χ2v) is 6.93. The van der Waals surface area contributed by atoms with Gasteiger partial charge >= 0.3 is 0 Å². The Balaban J connectivity index is 2.32. The van der Waals surface area contributed by atoms with Crippen LogP contribution in [-0.4, -0.2) is 27.5 Å². The molecule has 0 bridgehead atoms. The molecule has 0 aromatic heterocycles. The number of rotatable bonds is 8. The lowest BCUT2D eigenvalue weighted by molar-refractivity contribution is 0.102. The minimum absolute atomic E-state index is 0.0168. The van der Waals surface area contributed by atoms with E-state index in [0.29, 0.717) is 18.0 Å². The first-order valence-corrected chi connectivity index (χ1v) is 9.30. The van der Waals surface area contributed by atoms with Crippen LogP contribution in [0.3, 0.4) is 0 Å². The van der Waals surface area contributed by atoms with Gasteiger partial charge in [-0.1, -0.05) is 18.2 Å². The zero-order chi connectivity index (χ0) is 19.2. The maximum Gasteiger partial charge on any atom is 0.258 e. The van der Waals surface area contributed by atoms with Gasteiger partial charge in [-0.15, -0.1) is 6.58 Å². The Hall–Kier alpha value is -2.71. The van der Waals surface area contributed by atoms with Crippen LogP contribution in [0, 0.1) is 5.82 Å². The lowest BCUT2D eigenvalue weighted by Gasteiger charge is -2.12. The summed E-state index contributed by atoms with van der Waals surface area (Å²) in [5, 5.41) is 2.54. The summed E-state index contributed by atoms with van der Waals surface area (Å²) < 4.78 is 46.0. The third-order valence-corrected chi connectivity index (χ3v) is 4.77. The first kappa shape index (κ1) is 19.6. The van der Waals surface area contributed by atoms with E-state index in [-0.39, 0.29) is 11.4 Å². The molecule has 8 heteroatoms. The number of hydrogen-bond acceptors (Lipinski definition) is 4. The molecule has 26 heavy (non-hydrogen) atoms. The lowest BCUT2D eigenvalue weighted by Crippen LogP contribution is -2.24. The highest BCUT2D eigenvalue weighted by Gasteiger charge is 2.19. The molecule has 0 aliphatic carbocycles. The molecule has 0 atom stereocenters. The predicted octanol–water partition coefficient (Wildman–Crippen LogP) is 2.94. The van der Waals surface area contributed by atoms with Gasteiger partial charge < -0.3 is 10.1 Å². The van der Waals surface area contributed by atoms with Crippen molar-refractivity contribution in [1.82, 2.24) is 4.72 Å². The monoisotopic (exact) mass is 378 g/mol. The molecule has 0 unspecified atom stereocenters. The maximum absolute atomic E-state index is 14.1. The Morgan fingerprint density at radius 3 is 2.69 bits per heavy atom. The average Bonchev–Trinajstić information content (AvgIpc) is 2.62. The van der Waals surface area contributed by atoms with Gasteiger partial charge in [-0.25, -0.2) is 17.5 Å². The summed E-state index contributed by atoms with van der Waals surface area (Å²) in [7, 11) is -3.88. The molecule has 2 aromatic rings. The smallest absolute Gasteiger partial charge is 0.258 e. The van der Waals surface area contributed by atoms with Gasteiger partial charge in [0, 0.05) is 6.54 Å². The van der Waals surface area contributed by atoms with E-state index < -0.39 is 27.3 Å². The summed E-state index contributed by atoms with van der Waals surface area (Å²) in [6, 6.07) is 9.70. The molecule has 0 saturated heterocycles. The highest BCUT2D eigenvalue weighted by Crippen LogP contribution is 2.25. The zero-order valence-corrected chi connectivity index (χ0v) is 15.0. The van der Waals surface area contributed by atoms with E-state index in [4.69, 9.17) is 4.74 Å². The highest BCUT2D eigenvalue weighted by atomic mass is 32.2. The van der Waals surface area contributed by atoms with E-state index in [1.165, 1.54) is 6.08 Å². The number of anilines is 1. The second-order valence-electron chi connectivity index (χ2n) is 5.17. The van der Waals surface area contributed by atoms with Crippen LogP contribution >= 0.6 is 0 Å². The molecule has 0 radical (unpaired) electrons. The summed E-state index contributed by atoms with van der Waals surface area (Å²) in [5.41, 5.74) is -0.0328. The zero-order valence-electron chi connectivity index (χ0n) is 14.2. The van der Waals surface area contributed by atoms with E-state index in [1.54, 1.807) is 31.2 Å². The number of benzene rings is 2. The third kappa shape index (κ3) is 4.68. The van der Waals surface area contributed by atoms with Crippen LogP contribution in [0.25, 0.3) is 0 Å². The molecule has 0 aliphatic rings. The molecule has 2 rings (SSSR count). The van der Waals surface area contributed by atoms with Gasteiger partial charge in [0.05, 0.1) is 22.8 Å². The van der Waals surface area contributed by atoms with Crippen molar-refractivity contribution in [3.63, 3.8) is 0 Å². The molecular weight excluding hydrogens is 359 g/mol. The topological polar surface area (TPSA) is 84.5 Å². The number of amides is 1. The SMILES string of the molecule is C=CCNS(=O)(=O)c1ccc(F)c(C(=O)Nc2ccccc2OCC)c1. The number of hydrogen-bond donors (Lipinski definition) is 2. The van der Waals surface area contributed by atoms with Gasteiger partial charge in [0.15, 0.2) is 0 Å². The Labute approximate surface area is 151 Å². The van der Waals surface area contributed by atoms with Crippen molar-refractivity contribution >= 4 is 21.6 Å². The summed E-state index contributed by atoms with van der Waals surface area (Å²) >= 11 is 0. The molecule has 0 heterocycles. The van der Waals surface area contributed by atoms with Crippen LogP contribution < -0.4 is 14.8 Å². The highest BCUT2D eigenvalue weighted by molar-refractivity contribution is 7.89. The fraction of sp³-hybridized carbons (Fsp3) is 0.167.